The monoisotopic (exact) mass is 223 g/mol. The number of hydrogen-bond acceptors (Lipinski definition) is 3. The summed E-state index contributed by atoms with van der Waals surface area (Å²) in [5.74, 6) is -0.343. The van der Waals surface area contributed by atoms with E-state index in [1.165, 1.54) is 18.5 Å². The Kier molecular flexibility index (Phi) is 2.99. The van der Waals surface area contributed by atoms with Crippen LogP contribution in [0.2, 0.25) is 0 Å². The zero-order valence-electron chi connectivity index (χ0n) is 9.74. The fourth-order valence-electron chi connectivity index (χ4n) is 2.02. The minimum atomic E-state index is -0.660. The maximum atomic E-state index is 13.6. The molecule has 3 nitrogen and oxygen atoms in total. The molecule has 1 saturated heterocycles. The molecule has 1 aliphatic heterocycles. The molecule has 0 amide bonds. The van der Waals surface area contributed by atoms with Gasteiger partial charge in [0.2, 0.25) is 0 Å². The summed E-state index contributed by atoms with van der Waals surface area (Å²) in [6.45, 7) is 5.92. The van der Waals surface area contributed by atoms with Gasteiger partial charge in [-0.1, -0.05) is 0 Å². The first-order valence-electron chi connectivity index (χ1n) is 5.41. The highest BCUT2D eigenvalue weighted by molar-refractivity contribution is 6.61. The first kappa shape index (κ1) is 11.5. The van der Waals surface area contributed by atoms with E-state index < -0.39 is 7.12 Å². The van der Waals surface area contributed by atoms with E-state index in [2.05, 4.69) is 4.98 Å². The first-order chi connectivity index (χ1) is 7.48. The van der Waals surface area contributed by atoms with Crippen molar-refractivity contribution in [3.8, 4) is 0 Å². The van der Waals surface area contributed by atoms with Crippen LogP contribution in [0.1, 0.15) is 27.2 Å². The van der Waals surface area contributed by atoms with Crippen LogP contribution in [-0.2, 0) is 9.31 Å². The summed E-state index contributed by atoms with van der Waals surface area (Å²) in [7, 11) is -0.660. The summed E-state index contributed by atoms with van der Waals surface area (Å²) in [5.41, 5.74) is 0.0621. The van der Waals surface area contributed by atoms with Crippen LogP contribution in [0.3, 0.4) is 0 Å². The SMILES string of the molecule is C[C@@H]1CC(C)(C)OB(c2cnccc2F)O1. The Bertz CT molecular complexity index is 386. The van der Waals surface area contributed by atoms with Gasteiger partial charge < -0.3 is 9.31 Å². The zero-order valence-corrected chi connectivity index (χ0v) is 9.74. The van der Waals surface area contributed by atoms with Gasteiger partial charge in [-0.15, -0.1) is 0 Å². The highest BCUT2D eigenvalue weighted by Crippen LogP contribution is 2.25. The van der Waals surface area contributed by atoms with Crippen LogP contribution in [0, 0.1) is 5.82 Å². The molecule has 2 heterocycles. The van der Waals surface area contributed by atoms with Crippen LogP contribution in [-0.4, -0.2) is 23.8 Å². The molecule has 0 bridgehead atoms. The summed E-state index contributed by atoms with van der Waals surface area (Å²) in [4.78, 5) is 3.89. The van der Waals surface area contributed by atoms with Gasteiger partial charge in [-0.2, -0.15) is 0 Å². The normalized spacial score (nSPS) is 24.5. The molecule has 0 saturated carbocycles. The number of aromatic nitrogens is 1. The van der Waals surface area contributed by atoms with E-state index in [-0.39, 0.29) is 17.5 Å². The lowest BCUT2D eigenvalue weighted by Gasteiger charge is -2.38. The fourth-order valence-corrected chi connectivity index (χ4v) is 2.02. The molecule has 1 aromatic heterocycles. The molecule has 1 aromatic rings. The van der Waals surface area contributed by atoms with Crippen molar-refractivity contribution in [3.63, 3.8) is 0 Å². The van der Waals surface area contributed by atoms with E-state index in [1.54, 1.807) is 0 Å². The Hall–Kier alpha value is -0.935. The molecule has 0 radical (unpaired) electrons. The largest absolute Gasteiger partial charge is 0.499 e. The number of pyridine rings is 1. The van der Waals surface area contributed by atoms with E-state index in [0.717, 1.165) is 6.42 Å². The van der Waals surface area contributed by atoms with Crippen LogP contribution in [0.5, 0.6) is 0 Å². The lowest BCUT2D eigenvalue weighted by atomic mass is 9.75. The van der Waals surface area contributed by atoms with Gasteiger partial charge in [0.15, 0.2) is 0 Å². The molecule has 0 unspecified atom stereocenters. The van der Waals surface area contributed by atoms with Gasteiger partial charge in [-0.25, -0.2) is 4.39 Å². The first-order valence-corrected chi connectivity index (χ1v) is 5.41. The fraction of sp³-hybridized carbons (Fsp3) is 0.545. The van der Waals surface area contributed by atoms with Crippen molar-refractivity contribution < 1.29 is 13.7 Å². The highest BCUT2D eigenvalue weighted by Gasteiger charge is 2.39. The Morgan fingerprint density at radius 3 is 2.94 bits per heavy atom. The average Bonchev–Trinajstić information content (AvgIpc) is 2.15. The molecule has 1 atom stereocenters. The van der Waals surface area contributed by atoms with Crippen LogP contribution in [0.15, 0.2) is 18.5 Å². The average molecular weight is 223 g/mol. The summed E-state index contributed by atoms with van der Waals surface area (Å²) >= 11 is 0. The third-order valence-corrected chi connectivity index (χ3v) is 2.61. The van der Waals surface area contributed by atoms with Gasteiger partial charge in [-0.3, -0.25) is 4.98 Å². The van der Waals surface area contributed by atoms with E-state index in [1.807, 2.05) is 20.8 Å². The summed E-state index contributed by atoms with van der Waals surface area (Å²) in [6, 6.07) is 1.31. The number of nitrogens with zero attached hydrogens (tertiary/aromatic N) is 1. The Morgan fingerprint density at radius 2 is 2.31 bits per heavy atom. The van der Waals surface area contributed by atoms with E-state index in [4.69, 9.17) is 9.31 Å². The van der Waals surface area contributed by atoms with Crippen molar-refractivity contribution in [1.29, 1.82) is 0 Å². The van der Waals surface area contributed by atoms with E-state index >= 15 is 0 Å². The van der Waals surface area contributed by atoms with Gasteiger partial charge in [0.05, 0.1) is 5.60 Å². The highest BCUT2D eigenvalue weighted by atomic mass is 19.1. The molecule has 5 heteroatoms. The lowest BCUT2D eigenvalue weighted by molar-refractivity contribution is -0.0232. The molecule has 16 heavy (non-hydrogen) atoms. The topological polar surface area (TPSA) is 31.4 Å². The van der Waals surface area contributed by atoms with Crippen molar-refractivity contribution in [1.82, 2.24) is 4.98 Å². The van der Waals surface area contributed by atoms with Gasteiger partial charge >= 0.3 is 7.12 Å². The van der Waals surface area contributed by atoms with Crippen molar-refractivity contribution >= 4 is 12.6 Å². The van der Waals surface area contributed by atoms with E-state index in [0.29, 0.717) is 5.46 Å². The third kappa shape index (κ3) is 2.41. The van der Waals surface area contributed by atoms with Crippen LogP contribution in [0.25, 0.3) is 0 Å². The molecular weight excluding hydrogens is 208 g/mol. The molecule has 2 rings (SSSR count). The second kappa shape index (κ2) is 4.15. The minimum Gasteiger partial charge on any atom is -0.405 e. The molecule has 86 valence electrons. The summed E-state index contributed by atoms with van der Waals surface area (Å²) < 4.78 is 24.8. The maximum absolute atomic E-state index is 13.6. The Morgan fingerprint density at radius 1 is 1.56 bits per heavy atom. The van der Waals surface area contributed by atoms with Gasteiger partial charge in [0, 0.05) is 24.0 Å². The smallest absolute Gasteiger partial charge is 0.405 e. The lowest BCUT2D eigenvalue weighted by Crippen LogP contribution is -2.52. The quantitative estimate of drug-likeness (QED) is 0.676. The van der Waals surface area contributed by atoms with Crippen molar-refractivity contribution in [2.45, 2.75) is 38.9 Å². The predicted molar refractivity (Wildman–Crippen MR) is 59.9 cm³/mol. The van der Waals surface area contributed by atoms with Crippen LogP contribution < -0.4 is 5.46 Å². The van der Waals surface area contributed by atoms with Crippen molar-refractivity contribution in [2.24, 2.45) is 0 Å². The van der Waals surface area contributed by atoms with E-state index in [9.17, 15) is 4.39 Å². The third-order valence-electron chi connectivity index (χ3n) is 2.61. The van der Waals surface area contributed by atoms with Crippen LogP contribution in [0.4, 0.5) is 4.39 Å². The van der Waals surface area contributed by atoms with Gasteiger partial charge in [0.25, 0.3) is 0 Å². The second-order valence-corrected chi connectivity index (χ2v) is 4.76. The molecular formula is C11H15BFNO2. The molecule has 1 aliphatic rings. The minimum absolute atomic E-state index is 0.0494. The number of rotatable bonds is 1. The second-order valence-electron chi connectivity index (χ2n) is 4.76. The van der Waals surface area contributed by atoms with Crippen molar-refractivity contribution in [2.75, 3.05) is 0 Å². The van der Waals surface area contributed by atoms with Gasteiger partial charge in [-0.05, 0) is 33.3 Å². The predicted octanol–water partition coefficient (Wildman–Crippen LogP) is 1.52. The van der Waals surface area contributed by atoms with Crippen LogP contribution >= 0.6 is 0 Å². The summed E-state index contributed by atoms with van der Waals surface area (Å²) in [6.07, 6.45) is 3.71. The molecule has 1 fully saturated rings. The molecule has 0 aliphatic carbocycles. The number of halogens is 1. The number of hydrogen-bond donors (Lipinski definition) is 0. The molecule has 0 aromatic carbocycles. The summed E-state index contributed by atoms with van der Waals surface area (Å²) in [5, 5.41) is 0. The zero-order chi connectivity index (χ0) is 11.8. The van der Waals surface area contributed by atoms with Crippen molar-refractivity contribution in [3.05, 3.63) is 24.3 Å². The van der Waals surface area contributed by atoms with Gasteiger partial charge in [0.1, 0.15) is 5.82 Å². The maximum Gasteiger partial charge on any atom is 0.499 e. The molecule has 0 spiro atoms. The molecule has 0 N–H and O–H groups in total. The Labute approximate surface area is 95.1 Å². The Balaban J connectivity index is 2.25. The standard InChI is InChI=1S/C11H15BFNO2/c1-8-6-11(2,3)16-12(15-8)9-7-14-5-4-10(9)13/h4-5,7-8H,6H2,1-3H3/t8-/m1/s1.